The van der Waals surface area contributed by atoms with Gasteiger partial charge >= 0.3 is 6.09 Å². The van der Waals surface area contributed by atoms with Crippen LogP contribution in [0.1, 0.15) is 28.4 Å². The van der Waals surface area contributed by atoms with Crippen LogP contribution >= 0.6 is 0 Å². The monoisotopic (exact) mass is 383 g/mol. The molecule has 28 heavy (non-hydrogen) atoms. The molecule has 0 spiro atoms. The summed E-state index contributed by atoms with van der Waals surface area (Å²) in [4.78, 5) is 36.5. The number of nitrogens with zero attached hydrogens (tertiary/aromatic N) is 4. The fourth-order valence-corrected chi connectivity index (χ4v) is 3.05. The maximum absolute atomic E-state index is 12.5. The van der Waals surface area contributed by atoms with Gasteiger partial charge in [0.2, 0.25) is 5.95 Å². The van der Waals surface area contributed by atoms with Gasteiger partial charge in [0, 0.05) is 44.3 Å². The number of piperazine rings is 1. The summed E-state index contributed by atoms with van der Waals surface area (Å²) < 4.78 is 5.02. The summed E-state index contributed by atoms with van der Waals surface area (Å²) in [6, 6.07) is 5.87. The van der Waals surface area contributed by atoms with E-state index in [1.807, 2.05) is 36.9 Å². The zero-order chi connectivity index (χ0) is 20.1. The molecule has 8 heteroatoms. The molecular formula is C20H25N5O3. The summed E-state index contributed by atoms with van der Waals surface area (Å²) in [6.07, 6.45) is 2.76. The number of aromatic nitrogens is 2. The first-order valence-electron chi connectivity index (χ1n) is 9.35. The second kappa shape index (κ2) is 8.69. The van der Waals surface area contributed by atoms with Crippen molar-refractivity contribution in [2.24, 2.45) is 0 Å². The molecule has 1 saturated heterocycles. The highest BCUT2D eigenvalue weighted by atomic mass is 16.6. The quantitative estimate of drug-likeness (QED) is 0.873. The highest BCUT2D eigenvalue weighted by Crippen LogP contribution is 2.17. The highest BCUT2D eigenvalue weighted by molar-refractivity contribution is 6.04. The number of ether oxygens (including phenoxy) is 1. The maximum Gasteiger partial charge on any atom is 0.409 e. The number of rotatable bonds is 4. The number of nitrogens with one attached hydrogen (secondary N) is 1. The molecule has 2 amide bonds. The minimum atomic E-state index is -0.290. The molecule has 0 radical (unpaired) electrons. The van der Waals surface area contributed by atoms with Crippen molar-refractivity contribution in [1.29, 1.82) is 0 Å². The Bertz CT molecular complexity index is 845. The lowest BCUT2D eigenvalue weighted by Gasteiger charge is -2.33. The number of aryl methyl sites for hydroxylation is 2. The molecular weight excluding hydrogens is 358 g/mol. The van der Waals surface area contributed by atoms with Crippen molar-refractivity contribution in [2.75, 3.05) is 43.0 Å². The van der Waals surface area contributed by atoms with Gasteiger partial charge in [-0.15, -0.1) is 0 Å². The minimum absolute atomic E-state index is 0.245. The second-order valence-corrected chi connectivity index (χ2v) is 6.72. The van der Waals surface area contributed by atoms with E-state index in [4.69, 9.17) is 4.74 Å². The van der Waals surface area contributed by atoms with E-state index in [1.54, 1.807) is 11.8 Å². The fraction of sp³-hybridized carbons (Fsp3) is 0.400. The van der Waals surface area contributed by atoms with Gasteiger partial charge in [0.25, 0.3) is 5.91 Å². The van der Waals surface area contributed by atoms with Crippen molar-refractivity contribution < 1.29 is 14.3 Å². The Hall–Kier alpha value is -3.16. The number of anilines is 2. The molecule has 1 aliphatic rings. The van der Waals surface area contributed by atoms with Gasteiger partial charge in [0.1, 0.15) is 0 Å². The summed E-state index contributed by atoms with van der Waals surface area (Å²) in [5.41, 5.74) is 3.32. The van der Waals surface area contributed by atoms with Crippen molar-refractivity contribution in [1.82, 2.24) is 14.9 Å². The zero-order valence-corrected chi connectivity index (χ0v) is 16.4. The van der Waals surface area contributed by atoms with E-state index in [9.17, 15) is 9.59 Å². The van der Waals surface area contributed by atoms with Crippen LogP contribution in [0.2, 0.25) is 0 Å². The number of carbonyl (C=O) groups is 2. The van der Waals surface area contributed by atoms with Gasteiger partial charge in [-0.1, -0.05) is 17.7 Å². The van der Waals surface area contributed by atoms with Crippen molar-refractivity contribution in [3.05, 3.63) is 47.3 Å². The van der Waals surface area contributed by atoms with Crippen molar-refractivity contribution in [3.8, 4) is 0 Å². The molecule has 2 heterocycles. The Morgan fingerprint density at radius 1 is 1.11 bits per heavy atom. The molecule has 2 aromatic rings. The first-order valence-corrected chi connectivity index (χ1v) is 9.35. The highest BCUT2D eigenvalue weighted by Gasteiger charge is 2.23. The van der Waals surface area contributed by atoms with Crippen LogP contribution in [-0.4, -0.2) is 59.7 Å². The van der Waals surface area contributed by atoms with Crippen molar-refractivity contribution >= 4 is 23.6 Å². The van der Waals surface area contributed by atoms with Gasteiger partial charge in [-0.25, -0.2) is 14.8 Å². The van der Waals surface area contributed by atoms with E-state index >= 15 is 0 Å². The predicted octanol–water partition coefficient (Wildman–Crippen LogP) is 2.62. The van der Waals surface area contributed by atoms with E-state index in [1.165, 1.54) is 12.4 Å². The number of amides is 2. The Labute approximate surface area is 164 Å². The molecule has 0 unspecified atom stereocenters. The van der Waals surface area contributed by atoms with Gasteiger partial charge in [-0.2, -0.15) is 0 Å². The molecule has 1 aromatic carbocycles. The number of benzene rings is 1. The molecule has 1 aromatic heterocycles. The SMILES string of the molecule is CCOC(=O)N1CCN(c2ncc(C(=O)Nc3ccc(C)cc3C)cn2)CC1. The molecule has 8 nitrogen and oxygen atoms in total. The second-order valence-electron chi connectivity index (χ2n) is 6.72. The molecule has 1 N–H and O–H groups in total. The molecule has 0 bridgehead atoms. The number of hydrogen-bond donors (Lipinski definition) is 1. The topological polar surface area (TPSA) is 87.7 Å². The van der Waals surface area contributed by atoms with Crippen LogP contribution in [0.15, 0.2) is 30.6 Å². The lowest BCUT2D eigenvalue weighted by Crippen LogP contribution is -2.49. The lowest BCUT2D eigenvalue weighted by molar-refractivity contribution is 0.102. The van der Waals surface area contributed by atoms with Gasteiger partial charge in [0.05, 0.1) is 12.2 Å². The normalized spacial score (nSPS) is 14.0. The minimum Gasteiger partial charge on any atom is -0.450 e. The third-order valence-electron chi connectivity index (χ3n) is 4.62. The zero-order valence-electron chi connectivity index (χ0n) is 16.4. The smallest absolute Gasteiger partial charge is 0.409 e. The number of hydrogen-bond acceptors (Lipinski definition) is 6. The van der Waals surface area contributed by atoms with Crippen LogP contribution in [0.3, 0.4) is 0 Å². The van der Waals surface area contributed by atoms with Gasteiger partial charge in [-0.05, 0) is 32.4 Å². The van der Waals surface area contributed by atoms with Crippen molar-refractivity contribution in [2.45, 2.75) is 20.8 Å². The summed E-state index contributed by atoms with van der Waals surface area (Å²) in [5.74, 6) is 0.303. The molecule has 1 aliphatic heterocycles. The van der Waals surface area contributed by atoms with E-state index in [2.05, 4.69) is 15.3 Å². The van der Waals surface area contributed by atoms with Crippen molar-refractivity contribution in [3.63, 3.8) is 0 Å². The number of carbonyl (C=O) groups excluding carboxylic acids is 2. The Kier molecular flexibility index (Phi) is 6.08. The van der Waals surface area contributed by atoms with Crippen LogP contribution < -0.4 is 10.2 Å². The van der Waals surface area contributed by atoms with Crippen LogP contribution in [0.4, 0.5) is 16.4 Å². The fourth-order valence-electron chi connectivity index (χ4n) is 3.05. The van der Waals surface area contributed by atoms with E-state index in [0.717, 1.165) is 16.8 Å². The van der Waals surface area contributed by atoms with E-state index in [-0.39, 0.29) is 12.0 Å². The third-order valence-corrected chi connectivity index (χ3v) is 4.62. The van der Waals surface area contributed by atoms with Crippen LogP contribution in [0.5, 0.6) is 0 Å². The summed E-state index contributed by atoms with van der Waals surface area (Å²) in [6.45, 7) is 8.47. The van der Waals surface area contributed by atoms with Crippen LogP contribution in [-0.2, 0) is 4.74 Å². The first-order chi connectivity index (χ1) is 13.5. The molecule has 0 aliphatic carbocycles. The molecule has 0 atom stereocenters. The largest absolute Gasteiger partial charge is 0.450 e. The van der Waals surface area contributed by atoms with Gasteiger partial charge in [-0.3, -0.25) is 4.79 Å². The average molecular weight is 383 g/mol. The predicted molar refractivity (Wildman–Crippen MR) is 107 cm³/mol. The van der Waals surface area contributed by atoms with E-state index < -0.39 is 0 Å². The third kappa shape index (κ3) is 4.57. The average Bonchev–Trinajstić information content (AvgIpc) is 2.70. The molecule has 148 valence electrons. The molecule has 3 rings (SSSR count). The Morgan fingerprint density at radius 2 is 1.79 bits per heavy atom. The van der Waals surface area contributed by atoms with Gasteiger partial charge < -0.3 is 19.9 Å². The maximum atomic E-state index is 12.5. The van der Waals surface area contributed by atoms with Crippen LogP contribution in [0, 0.1) is 13.8 Å². The Balaban J connectivity index is 1.59. The summed E-state index contributed by atoms with van der Waals surface area (Å²) >= 11 is 0. The lowest BCUT2D eigenvalue weighted by atomic mass is 10.1. The van der Waals surface area contributed by atoms with Crippen LogP contribution in [0.25, 0.3) is 0 Å². The van der Waals surface area contributed by atoms with Gasteiger partial charge in [0.15, 0.2) is 0 Å². The van der Waals surface area contributed by atoms with E-state index in [0.29, 0.717) is 44.3 Å². The first kappa shape index (κ1) is 19.6. The summed E-state index contributed by atoms with van der Waals surface area (Å²) in [5, 5.41) is 2.89. The molecule has 1 fully saturated rings. The summed E-state index contributed by atoms with van der Waals surface area (Å²) in [7, 11) is 0. The Morgan fingerprint density at radius 3 is 2.39 bits per heavy atom. The standard InChI is InChI=1S/C20H25N5O3/c1-4-28-20(27)25-9-7-24(8-10-25)19-21-12-16(13-22-19)18(26)23-17-6-5-14(2)11-15(17)3/h5-6,11-13H,4,7-10H2,1-3H3,(H,23,26). The molecule has 0 saturated carbocycles.